The lowest BCUT2D eigenvalue weighted by molar-refractivity contribution is -0.120. The first-order valence-electron chi connectivity index (χ1n) is 10.3. The standard InChI is InChI=1S/C24H28N4O3S/c1-16-22(32-20(26-16)18-12-9-13-25-15-18)28(5)21(29)19(14-17-10-7-6-8-11-17)27-23(30)31-24(2,3)4/h6-13,15,19H,14H2,1-5H3,(H,27,30)/t19-/m0/s1. The Morgan fingerprint density at radius 1 is 1.16 bits per heavy atom. The predicted octanol–water partition coefficient (Wildman–Crippen LogP) is 4.61. The van der Waals surface area contributed by atoms with E-state index in [0.29, 0.717) is 6.42 Å². The number of pyridine rings is 1. The van der Waals surface area contributed by atoms with E-state index in [1.54, 1.807) is 45.1 Å². The molecule has 0 aliphatic rings. The minimum atomic E-state index is -0.791. The Hall–Kier alpha value is -3.26. The lowest BCUT2D eigenvalue weighted by atomic mass is 10.1. The summed E-state index contributed by atoms with van der Waals surface area (Å²) in [5, 5.41) is 4.25. The van der Waals surface area contributed by atoms with Crippen LogP contribution < -0.4 is 10.2 Å². The molecule has 1 atom stereocenters. The summed E-state index contributed by atoms with van der Waals surface area (Å²) in [7, 11) is 1.70. The highest BCUT2D eigenvalue weighted by molar-refractivity contribution is 7.19. The van der Waals surface area contributed by atoms with Crippen molar-refractivity contribution in [3.05, 3.63) is 66.1 Å². The molecule has 0 saturated heterocycles. The zero-order chi connectivity index (χ0) is 23.3. The van der Waals surface area contributed by atoms with E-state index in [4.69, 9.17) is 4.74 Å². The van der Waals surface area contributed by atoms with Crippen molar-refractivity contribution in [2.45, 2.75) is 45.8 Å². The maximum absolute atomic E-state index is 13.5. The van der Waals surface area contributed by atoms with Crippen LogP contribution in [-0.4, -0.2) is 40.7 Å². The van der Waals surface area contributed by atoms with E-state index in [9.17, 15) is 9.59 Å². The van der Waals surface area contributed by atoms with Gasteiger partial charge in [0.15, 0.2) is 0 Å². The van der Waals surface area contributed by atoms with Crippen molar-refractivity contribution in [2.24, 2.45) is 0 Å². The van der Waals surface area contributed by atoms with Crippen molar-refractivity contribution in [1.82, 2.24) is 15.3 Å². The number of alkyl carbamates (subject to hydrolysis) is 1. The molecule has 1 N–H and O–H groups in total. The Kier molecular flexibility index (Phi) is 7.25. The van der Waals surface area contributed by atoms with Gasteiger partial charge in [-0.25, -0.2) is 9.78 Å². The average molecular weight is 453 g/mol. The average Bonchev–Trinajstić information content (AvgIpc) is 3.14. The molecule has 0 aliphatic carbocycles. The van der Waals surface area contributed by atoms with Crippen LogP contribution in [0.3, 0.4) is 0 Å². The summed E-state index contributed by atoms with van der Waals surface area (Å²) in [5.74, 6) is -0.246. The number of hydrogen-bond acceptors (Lipinski definition) is 6. The van der Waals surface area contributed by atoms with E-state index in [-0.39, 0.29) is 5.91 Å². The highest BCUT2D eigenvalue weighted by atomic mass is 32.1. The molecule has 2 aromatic heterocycles. The fourth-order valence-electron chi connectivity index (χ4n) is 3.15. The molecule has 0 bridgehead atoms. The van der Waals surface area contributed by atoms with E-state index >= 15 is 0 Å². The lowest BCUT2D eigenvalue weighted by Crippen LogP contribution is -2.50. The van der Waals surface area contributed by atoms with Gasteiger partial charge in [-0.05, 0) is 45.4 Å². The zero-order valence-electron chi connectivity index (χ0n) is 19.0. The van der Waals surface area contributed by atoms with Crippen LogP contribution in [0, 0.1) is 6.92 Å². The Bertz CT molecular complexity index is 1060. The molecule has 2 heterocycles. The van der Waals surface area contributed by atoms with Gasteiger partial charge in [0.05, 0.1) is 5.69 Å². The van der Waals surface area contributed by atoms with Gasteiger partial charge in [0.25, 0.3) is 0 Å². The quantitative estimate of drug-likeness (QED) is 0.590. The number of carbonyl (C=O) groups excluding carboxylic acids is 2. The van der Waals surface area contributed by atoms with Crippen molar-refractivity contribution in [1.29, 1.82) is 0 Å². The SMILES string of the molecule is Cc1nc(-c2cccnc2)sc1N(C)C(=O)[C@H](Cc1ccccc1)NC(=O)OC(C)(C)C. The first kappa shape index (κ1) is 23.4. The van der Waals surface area contributed by atoms with Crippen molar-refractivity contribution < 1.29 is 14.3 Å². The molecule has 3 rings (SSSR count). The van der Waals surface area contributed by atoms with Gasteiger partial charge in [-0.1, -0.05) is 41.7 Å². The first-order valence-corrected chi connectivity index (χ1v) is 11.1. The van der Waals surface area contributed by atoms with Gasteiger partial charge in [0.1, 0.15) is 21.7 Å². The second-order valence-corrected chi connectivity index (χ2v) is 9.41. The number of nitrogens with one attached hydrogen (secondary N) is 1. The van der Waals surface area contributed by atoms with Gasteiger partial charge in [0.2, 0.25) is 5.91 Å². The number of aromatic nitrogens is 2. The molecule has 0 radical (unpaired) electrons. The third kappa shape index (κ3) is 6.13. The van der Waals surface area contributed by atoms with E-state index in [0.717, 1.165) is 26.8 Å². The highest BCUT2D eigenvalue weighted by Crippen LogP contribution is 2.34. The summed E-state index contributed by atoms with van der Waals surface area (Å²) in [6.45, 7) is 7.22. The van der Waals surface area contributed by atoms with E-state index in [2.05, 4.69) is 15.3 Å². The maximum Gasteiger partial charge on any atom is 0.408 e. The number of benzene rings is 1. The van der Waals surface area contributed by atoms with Gasteiger partial charge in [-0.2, -0.15) is 0 Å². The molecule has 168 valence electrons. The van der Waals surface area contributed by atoms with Crippen LogP contribution >= 0.6 is 11.3 Å². The molecule has 2 amide bonds. The Labute approximate surface area is 192 Å². The zero-order valence-corrected chi connectivity index (χ0v) is 19.8. The Balaban J connectivity index is 1.84. The van der Waals surface area contributed by atoms with Crippen LogP contribution in [0.1, 0.15) is 32.0 Å². The normalized spacial score (nSPS) is 12.2. The Morgan fingerprint density at radius 2 is 1.88 bits per heavy atom. The van der Waals surface area contributed by atoms with Crippen molar-refractivity contribution in [2.75, 3.05) is 11.9 Å². The molecule has 3 aromatic rings. The van der Waals surface area contributed by atoms with Gasteiger partial charge in [-0.15, -0.1) is 0 Å². The predicted molar refractivity (Wildman–Crippen MR) is 127 cm³/mol. The third-order valence-corrected chi connectivity index (χ3v) is 5.87. The summed E-state index contributed by atoms with van der Waals surface area (Å²) in [6.07, 6.45) is 3.16. The van der Waals surface area contributed by atoms with E-state index in [1.165, 1.54) is 11.3 Å². The number of hydrogen-bond donors (Lipinski definition) is 1. The number of amides is 2. The second kappa shape index (κ2) is 9.91. The van der Waals surface area contributed by atoms with Crippen LogP contribution in [0.25, 0.3) is 10.6 Å². The maximum atomic E-state index is 13.5. The number of aryl methyl sites for hydroxylation is 1. The molecule has 0 spiro atoms. The first-order chi connectivity index (χ1) is 15.1. The monoisotopic (exact) mass is 452 g/mol. The molecule has 0 aliphatic heterocycles. The fourth-order valence-corrected chi connectivity index (χ4v) is 4.17. The minimum Gasteiger partial charge on any atom is -0.444 e. The topological polar surface area (TPSA) is 84.4 Å². The summed E-state index contributed by atoms with van der Waals surface area (Å²) < 4.78 is 5.39. The van der Waals surface area contributed by atoms with E-state index in [1.807, 2.05) is 49.4 Å². The van der Waals surface area contributed by atoms with Crippen LogP contribution in [-0.2, 0) is 16.0 Å². The fraction of sp³-hybridized carbons (Fsp3) is 0.333. The Morgan fingerprint density at radius 3 is 2.50 bits per heavy atom. The molecule has 7 nitrogen and oxygen atoms in total. The lowest BCUT2D eigenvalue weighted by Gasteiger charge is -2.26. The van der Waals surface area contributed by atoms with Crippen molar-refractivity contribution in [3.63, 3.8) is 0 Å². The molecule has 8 heteroatoms. The number of ether oxygens (including phenoxy) is 1. The largest absolute Gasteiger partial charge is 0.444 e. The van der Waals surface area contributed by atoms with Gasteiger partial charge >= 0.3 is 6.09 Å². The summed E-state index contributed by atoms with van der Waals surface area (Å²) in [5.41, 5.74) is 1.90. The third-order valence-electron chi connectivity index (χ3n) is 4.59. The second-order valence-electron chi connectivity index (χ2n) is 8.44. The smallest absolute Gasteiger partial charge is 0.408 e. The van der Waals surface area contributed by atoms with Crippen LogP contribution in [0.5, 0.6) is 0 Å². The molecular formula is C24H28N4O3S. The number of carbonyl (C=O) groups is 2. The highest BCUT2D eigenvalue weighted by Gasteiger charge is 2.29. The molecule has 32 heavy (non-hydrogen) atoms. The van der Waals surface area contributed by atoms with Crippen LogP contribution in [0.15, 0.2) is 54.9 Å². The molecule has 0 unspecified atom stereocenters. The van der Waals surface area contributed by atoms with E-state index < -0.39 is 17.7 Å². The van der Waals surface area contributed by atoms with Gasteiger partial charge in [0, 0.05) is 31.4 Å². The number of rotatable bonds is 6. The number of anilines is 1. The molecule has 0 saturated carbocycles. The number of nitrogens with zero attached hydrogens (tertiary/aromatic N) is 3. The summed E-state index contributed by atoms with van der Waals surface area (Å²) in [6, 6.07) is 12.6. The molecular weight excluding hydrogens is 424 g/mol. The summed E-state index contributed by atoms with van der Waals surface area (Å²) >= 11 is 1.41. The van der Waals surface area contributed by atoms with Gasteiger partial charge < -0.3 is 15.0 Å². The molecule has 1 aromatic carbocycles. The van der Waals surface area contributed by atoms with Crippen LogP contribution in [0.2, 0.25) is 0 Å². The number of thiazole rings is 1. The number of likely N-dealkylation sites (N-methyl/N-ethyl adjacent to an activating group) is 1. The molecule has 0 fully saturated rings. The van der Waals surface area contributed by atoms with Crippen molar-refractivity contribution >= 4 is 28.3 Å². The van der Waals surface area contributed by atoms with Crippen molar-refractivity contribution in [3.8, 4) is 10.6 Å². The minimum absolute atomic E-state index is 0.246. The van der Waals surface area contributed by atoms with Crippen LogP contribution in [0.4, 0.5) is 9.80 Å². The van der Waals surface area contributed by atoms with Gasteiger partial charge in [-0.3, -0.25) is 9.78 Å². The summed E-state index contributed by atoms with van der Waals surface area (Å²) in [4.78, 5) is 36.2.